The maximum atomic E-state index is 6.07. The van der Waals surface area contributed by atoms with E-state index in [1.54, 1.807) is 0 Å². The Labute approximate surface area is 110 Å². The molecule has 0 amide bonds. The first-order chi connectivity index (χ1) is 7.22. The average molecular weight is 309 g/mol. The zero-order chi connectivity index (χ0) is 10.8. The summed E-state index contributed by atoms with van der Waals surface area (Å²) >= 11 is 3.50. The number of halogens is 2. The van der Waals surface area contributed by atoms with Crippen molar-refractivity contribution in [1.82, 2.24) is 0 Å². The maximum Gasteiger partial charge on any atom is 0.231 e. The Morgan fingerprint density at radius 1 is 1.38 bits per heavy atom. The van der Waals surface area contributed by atoms with E-state index < -0.39 is 0 Å². The summed E-state index contributed by atoms with van der Waals surface area (Å²) in [6, 6.07) is 3.94. The predicted octanol–water partition coefficient (Wildman–Crippen LogP) is 3.40. The lowest BCUT2D eigenvalue weighted by Crippen LogP contribution is -2.10. The third-order valence-electron chi connectivity index (χ3n) is 2.49. The van der Waals surface area contributed by atoms with E-state index in [2.05, 4.69) is 22.9 Å². The molecule has 3 nitrogen and oxygen atoms in total. The zero-order valence-electron chi connectivity index (χ0n) is 9.03. The third kappa shape index (κ3) is 2.62. The molecule has 0 spiro atoms. The minimum absolute atomic E-state index is 0. The summed E-state index contributed by atoms with van der Waals surface area (Å²) in [5.41, 5.74) is 7.16. The van der Waals surface area contributed by atoms with Crippen LogP contribution in [0.4, 0.5) is 0 Å². The second kappa shape index (κ2) is 5.75. The van der Waals surface area contributed by atoms with E-state index in [1.807, 2.05) is 12.1 Å². The molecule has 1 aromatic carbocycles. The molecule has 0 saturated carbocycles. The molecule has 1 aliphatic rings. The van der Waals surface area contributed by atoms with Gasteiger partial charge < -0.3 is 15.2 Å². The number of rotatable bonds is 3. The third-order valence-corrected chi connectivity index (χ3v) is 3.18. The first-order valence-electron chi connectivity index (χ1n) is 5.07. The van der Waals surface area contributed by atoms with Crippen LogP contribution in [0.1, 0.15) is 31.4 Å². The molecule has 0 aliphatic carbocycles. The summed E-state index contributed by atoms with van der Waals surface area (Å²) in [6.07, 6.45) is 2.04. The van der Waals surface area contributed by atoms with Crippen LogP contribution in [0.5, 0.6) is 11.5 Å². The minimum atomic E-state index is 0. The first kappa shape index (κ1) is 13.6. The molecule has 0 radical (unpaired) electrons. The molecule has 5 heteroatoms. The van der Waals surface area contributed by atoms with Gasteiger partial charge in [0.25, 0.3) is 0 Å². The van der Waals surface area contributed by atoms with Crippen LogP contribution >= 0.6 is 28.3 Å². The lowest BCUT2D eigenvalue weighted by molar-refractivity contribution is 0.174. The van der Waals surface area contributed by atoms with Crippen LogP contribution < -0.4 is 15.2 Å². The maximum absolute atomic E-state index is 6.07. The van der Waals surface area contributed by atoms with Gasteiger partial charge in [-0.25, -0.2) is 0 Å². The Balaban J connectivity index is 0.00000128. The van der Waals surface area contributed by atoms with Gasteiger partial charge in [-0.05, 0) is 24.1 Å². The molecule has 1 aliphatic heterocycles. The van der Waals surface area contributed by atoms with Crippen molar-refractivity contribution in [2.75, 3.05) is 6.79 Å². The van der Waals surface area contributed by atoms with Crippen molar-refractivity contribution in [2.24, 2.45) is 5.73 Å². The van der Waals surface area contributed by atoms with Gasteiger partial charge >= 0.3 is 0 Å². The SMILES string of the molecule is CCC[C@@H](N)c1cc2c(cc1Br)OCO2.Cl. The van der Waals surface area contributed by atoms with Crippen LogP contribution in [0.3, 0.4) is 0 Å². The van der Waals surface area contributed by atoms with Crippen molar-refractivity contribution < 1.29 is 9.47 Å². The summed E-state index contributed by atoms with van der Waals surface area (Å²) in [7, 11) is 0. The lowest BCUT2D eigenvalue weighted by atomic mass is 10.0. The molecule has 0 unspecified atom stereocenters. The molecule has 0 bridgehead atoms. The highest BCUT2D eigenvalue weighted by atomic mass is 79.9. The molecule has 0 fully saturated rings. The second-order valence-electron chi connectivity index (χ2n) is 3.62. The average Bonchev–Trinajstić information content (AvgIpc) is 2.63. The fourth-order valence-corrected chi connectivity index (χ4v) is 2.30. The number of benzene rings is 1. The fourth-order valence-electron chi connectivity index (χ4n) is 1.68. The topological polar surface area (TPSA) is 44.5 Å². The van der Waals surface area contributed by atoms with Crippen LogP contribution in [0, 0.1) is 0 Å². The van der Waals surface area contributed by atoms with Crippen molar-refractivity contribution in [3.63, 3.8) is 0 Å². The van der Waals surface area contributed by atoms with Crippen molar-refractivity contribution in [1.29, 1.82) is 0 Å². The molecule has 1 heterocycles. The standard InChI is InChI=1S/C11H14BrNO2.ClH/c1-2-3-9(13)7-4-10-11(5-8(7)12)15-6-14-10;/h4-5,9H,2-3,6,13H2,1H3;1H/t9-;/m1./s1. The van der Waals surface area contributed by atoms with Gasteiger partial charge in [0.2, 0.25) is 6.79 Å². The Hall–Kier alpha value is -0.450. The highest BCUT2D eigenvalue weighted by Crippen LogP contribution is 2.39. The summed E-state index contributed by atoms with van der Waals surface area (Å²) < 4.78 is 11.6. The molecule has 90 valence electrons. The number of fused-ring (bicyclic) bond motifs is 1. The van der Waals surface area contributed by atoms with Crippen LogP contribution in [0.15, 0.2) is 16.6 Å². The molecular formula is C11H15BrClNO2. The predicted molar refractivity (Wildman–Crippen MR) is 69.3 cm³/mol. The van der Waals surface area contributed by atoms with Gasteiger partial charge in [-0.1, -0.05) is 29.3 Å². The van der Waals surface area contributed by atoms with Crippen molar-refractivity contribution in [3.05, 3.63) is 22.2 Å². The van der Waals surface area contributed by atoms with E-state index in [-0.39, 0.29) is 18.4 Å². The van der Waals surface area contributed by atoms with Gasteiger partial charge in [-0.3, -0.25) is 0 Å². The van der Waals surface area contributed by atoms with Gasteiger partial charge in [0, 0.05) is 10.5 Å². The number of hydrogen-bond acceptors (Lipinski definition) is 3. The van der Waals surface area contributed by atoms with Crippen molar-refractivity contribution in [3.8, 4) is 11.5 Å². The summed E-state index contributed by atoms with van der Waals surface area (Å²) in [6.45, 7) is 2.43. The summed E-state index contributed by atoms with van der Waals surface area (Å²) in [5.74, 6) is 1.58. The van der Waals surface area contributed by atoms with E-state index in [0.29, 0.717) is 6.79 Å². The van der Waals surface area contributed by atoms with Crippen LogP contribution in [0.2, 0.25) is 0 Å². The smallest absolute Gasteiger partial charge is 0.231 e. The number of nitrogens with two attached hydrogens (primary N) is 1. The highest BCUT2D eigenvalue weighted by Gasteiger charge is 2.18. The van der Waals surface area contributed by atoms with E-state index in [4.69, 9.17) is 15.2 Å². The Bertz CT molecular complexity index is 373. The monoisotopic (exact) mass is 307 g/mol. The first-order valence-corrected chi connectivity index (χ1v) is 5.86. The molecule has 1 aromatic rings. The van der Waals surface area contributed by atoms with E-state index >= 15 is 0 Å². The quantitative estimate of drug-likeness (QED) is 0.931. The zero-order valence-corrected chi connectivity index (χ0v) is 11.4. The van der Waals surface area contributed by atoms with E-state index in [0.717, 1.165) is 34.4 Å². The molecule has 1 atom stereocenters. The van der Waals surface area contributed by atoms with Crippen LogP contribution in [-0.2, 0) is 0 Å². The van der Waals surface area contributed by atoms with E-state index in [9.17, 15) is 0 Å². The summed E-state index contributed by atoms with van der Waals surface area (Å²) in [4.78, 5) is 0. The van der Waals surface area contributed by atoms with Crippen LogP contribution in [0.25, 0.3) is 0 Å². The lowest BCUT2D eigenvalue weighted by Gasteiger charge is -2.13. The van der Waals surface area contributed by atoms with Crippen LogP contribution in [-0.4, -0.2) is 6.79 Å². The largest absolute Gasteiger partial charge is 0.454 e. The highest BCUT2D eigenvalue weighted by molar-refractivity contribution is 9.10. The molecule has 0 aromatic heterocycles. The van der Waals surface area contributed by atoms with Gasteiger partial charge in [0.05, 0.1) is 0 Å². The Kier molecular flexibility index (Phi) is 4.89. The summed E-state index contributed by atoms with van der Waals surface area (Å²) in [5, 5.41) is 0. The van der Waals surface area contributed by atoms with E-state index in [1.165, 1.54) is 0 Å². The number of hydrogen-bond donors (Lipinski definition) is 1. The van der Waals surface area contributed by atoms with Gasteiger partial charge in [-0.2, -0.15) is 0 Å². The van der Waals surface area contributed by atoms with Crippen molar-refractivity contribution in [2.45, 2.75) is 25.8 Å². The normalized spacial score (nSPS) is 14.4. The van der Waals surface area contributed by atoms with Crippen molar-refractivity contribution >= 4 is 28.3 Å². The van der Waals surface area contributed by atoms with Gasteiger partial charge in [-0.15, -0.1) is 12.4 Å². The molecule has 2 rings (SSSR count). The minimum Gasteiger partial charge on any atom is -0.454 e. The number of ether oxygens (including phenoxy) is 2. The molecular weight excluding hydrogens is 293 g/mol. The Morgan fingerprint density at radius 2 is 2.00 bits per heavy atom. The molecule has 2 N–H and O–H groups in total. The molecule has 16 heavy (non-hydrogen) atoms. The Morgan fingerprint density at radius 3 is 2.62 bits per heavy atom. The van der Waals surface area contributed by atoms with Gasteiger partial charge in [0.15, 0.2) is 11.5 Å². The second-order valence-corrected chi connectivity index (χ2v) is 4.48. The van der Waals surface area contributed by atoms with Gasteiger partial charge in [0.1, 0.15) is 0 Å². The fraction of sp³-hybridized carbons (Fsp3) is 0.455. The molecule has 0 saturated heterocycles.